The minimum atomic E-state index is -0.169. The van der Waals surface area contributed by atoms with Gasteiger partial charge in [0.25, 0.3) is 5.91 Å². The molecule has 0 bridgehead atoms. The Morgan fingerprint density at radius 3 is 2.76 bits per heavy atom. The predicted molar refractivity (Wildman–Crippen MR) is 101 cm³/mol. The minimum Gasteiger partial charge on any atom is -0.486 e. The lowest BCUT2D eigenvalue weighted by atomic mass is 10.3. The van der Waals surface area contributed by atoms with Crippen molar-refractivity contribution in [1.82, 2.24) is 10.2 Å². The summed E-state index contributed by atoms with van der Waals surface area (Å²) in [6.45, 7) is 2.60. The maximum atomic E-state index is 12.1. The molecule has 3 rings (SSSR count). The van der Waals surface area contributed by atoms with Gasteiger partial charge < -0.3 is 14.5 Å². The van der Waals surface area contributed by atoms with Gasteiger partial charge in [0.15, 0.2) is 5.11 Å². The van der Waals surface area contributed by atoms with Crippen LogP contribution in [0.5, 0.6) is 5.75 Å². The van der Waals surface area contributed by atoms with Gasteiger partial charge in [0.2, 0.25) is 0 Å². The number of hydrogen-bond donors (Lipinski definition) is 1. The first-order valence-corrected chi connectivity index (χ1v) is 8.65. The van der Waals surface area contributed by atoms with Gasteiger partial charge in [0.05, 0.1) is 10.0 Å². The van der Waals surface area contributed by atoms with Crippen molar-refractivity contribution >= 4 is 52.5 Å². The van der Waals surface area contributed by atoms with Crippen LogP contribution in [-0.2, 0) is 11.4 Å². The van der Waals surface area contributed by atoms with Crippen molar-refractivity contribution < 1.29 is 13.9 Å². The fraction of sp³-hybridized carbons (Fsp3) is 0.176. The van der Waals surface area contributed by atoms with Crippen LogP contribution < -0.4 is 10.1 Å². The SMILES string of the molecule is CCN1C(=O)/C(=C\c2ccc(COc3ccc(Cl)c(Cl)c3)o2)NC1=S. The van der Waals surface area contributed by atoms with E-state index in [1.165, 1.54) is 4.90 Å². The van der Waals surface area contributed by atoms with Crippen molar-refractivity contribution in [2.24, 2.45) is 0 Å². The molecule has 1 aliphatic heterocycles. The summed E-state index contributed by atoms with van der Waals surface area (Å²) in [4.78, 5) is 13.6. The van der Waals surface area contributed by atoms with Crippen LogP contribution in [0.3, 0.4) is 0 Å². The highest BCUT2D eigenvalue weighted by molar-refractivity contribution is 7.80. The van der Waals surface area contributed by atoms with Crippen LogP contribution >= 0.6 is 35.4 Å². The topological polar surface area (TPSA) is 54.7 Å². The third-order valence-corrected chi connectivity index (χ3v) is 4.58. The van der Waals surface area contributed by atoms with E-state index < -0.39 is 0 Å². The number of halogens is 2. The summed E-state index contributed by atoms with van der Waals surface area (Å²) in [7, 11) is 0. The number of amides is 1. The summed E-state index contributed by atoms with van der Waals surface area (Å²) in [5, 5.41) is 4.17. The van der Waals surface area contributed by atoms with Crippen molar-refractivity contribution in [1.29, 1.82) is 0 Å². The zero-order valence-electron chi connectivity index (χ0n) is 13.2. The second kappa shape index (κ2) is 7.47. The highest BCUT2D eigenvalue weighted by atomic mass is 35.5. The number of nitrogens with zero attached hydrogens (tertiary/aromatic N) is 1. The number of nitrogens with one attached hydrogen (secondary N) is 1. The lowest BCUT2D eigenvalue weighted by Crippen LogP contribution is -2.30. The second-order valence-corrected chi connectivity index (χ2v) is 6.41. The first-order chi connectivity index (χ1) is 12.0. The van der Waals surface area contributed by atoms with E-state index in [1.807, 2.05) is 6.92 Å². The van der Waals surface area contributed by atoms with Crippen molar-refractivity contribution in [3.05, 3.63) is 57.6 Å². The van der Waals surface area contributed by atoms with Gasteiger partial charge >= 0.3 is 0 Å². The van der Waals surface area contributed by atoms with E-state index in [2.05, 4.69) is 5.32 Å². The second-order valence-electron chi connectivity index (χ2n) is 5.21. The molecule has 1 aliphatic rings. The molecule has 0 saturated carbocycles. The third-order valence-electron chi connectivity index (χ3n) is 3.52. The monoisotopic (exact) mass is 396 g/mol. The Morgan fingerprint density at radius 1 is 1.28 bits per heavy atom. The van der Waals surface area contributed by atoms with Gasteiger partial charge in [-0.25, -0.2) is 0 Å². The Morgan fingerprint density at radius 2 is 2.08 bits per heavy atom. The molecule has 1 aromatic carbocycles. The number of carbonyl (C=O) groups excluding carboxylic acids is 1. The van der Waals surface area contributed by atoms with E-state index in [-0.39, 0.29) is 12.5 Å². The van der Waals surface area contributed by atoms with Crippen LogP contribution in [0.2, 0.25) is 10.0 Å². The molecule has 8 heteroatoms. The number of thiocarbonyl (C=S) groups is 1. The molecule has 2 aromatic rings. The van der Waals surface area contributed by atoms with E-state index in [0.717, 1.165) is 0 Å². The summed E-state index contributed by atoms with van der Waals surface area (Å²) in [6.07, 6.45) is 1.62. The fourth-order valence-electron chi connectivity index (χ4n) is 2.27. The van der Waals surface area contributed by atoms with Crippen molar-refractivity contribution in [2.45, 2.75) is 13.5 Å². The molecule has 130 valence electrons. The molecule has 0 atom stereocenters. The van der Waals surface area contributed by atoms with Crippen molar-refractivity contribution in [2.75, 3.05) is 6.54 Å². The minimum absolute atomic E-state index is 0.169. The summed E-state index contributed by atoms with van der Waals surface area (Å²) < 4.78 is 11.3. The van der Waals surface area contributed by atoms with Crippen LogP contribution in [0, 0.1) is 0 Å². The van der Waals surface area contributed by atoms with Crippen LogP contribution in [0.1, 0.15) is 18.4 Å². The lowest BCUT2D eigenvalue weighted by molar-refractivity contribution is -0.122. The van der Waals surface area contributed by atoms with Gasteiger partial charge in [0, 0.05) is 18.7 Å². The van der Waals surface area contributed by atoms with Gasteiger partial charge in [-0.05, 0) is 43.4 Å². The number of likely N-dealkylation sites (N-methyl/N-ethyl adjacent to an activating group) is 1. The van der Waals surface area contributed by atoms with E-state index in [0.29, 0.717) is 44.7 Å². The van der Waals surface area contributed by atoms with Crippen LogP contribution in [-0.4, -0.2) is 22.5 Å². The molecule has 1 saturated heterocycles. The first kappa shape index (κ1) is 17.8. The Hall–Kier alpha value is -2.02. The molecule has 25 heavy (non-hydrogen) atoms. The van der Waals surface area contributed by atoms with Gasteiger partial charge in [-0.3, -0.25) is 9.69 Å². The number of carbonyl (C=O) groups is 1. The molecule has 5 nitrogen and oxygen atoms in total. The van der Waals surface area contributed by atoms with Crippen LogP contribution in [0.15, 0.2) is 40.4 Å². The van der Waals surface area contributed by atoms with Crippen molar-refractivity contribution in [3.63, 3.8) is 0 Å². The largest absolute Gasteiger partial charge is 0.486 e. The number of benzene rings is 1. The van der Waals surface area contributed by atoms with Crippen LogP contribution in [0.4, 0.5) is 0 Å². The smallest absolute Gasteiger partial charge is 0.276 e. The van der Waals surface area contributed by atoms with E-state index in [4.69, 9.17) is 44.6 Å². The Kier molecular flexibility index (Phi) is 5.32. The van der Waals surface area contributed by atoms with Crippen LogP contribution in [0.25, 0.3) is 6.08 Å². The van der Waals surface area contributed by atoms with Crippen molar-refractivity contribution in [3.8, 4) is 5.75 Å². The lowest BCUT2D eigenvalue weighted by Gasteiger charge is -2.08. The number of hydrogen-bond acceptors (Lipinski definition) is 4. The van der Waals surface area contributed by atoms with Gasteiger partial charge in [-0.15, -0.1) is 0 Å². The first-order valence-electron chi connectivity index (χ1n) is 7.49. The number of ether oxygens (including phenoxy) is 1. The Labute approximate surface area is 160 Å². The number of rotatable bonds is 5. The highest BCUT2D eigenvalue weighted by Gasteiger charge is 2.29. The Balaban J connectivity index is 1.66. The molecular formula is C17H14Cl2N2O3S. The van der Waals surface area contributed by atoms with Gasteiger partial charge in [0.1, 0.15) is 29.6 Å². The number of furan rings is 1. The van der Waals surface area contributed by atoms with Gasteiger partial charge in [-0.2, -0.15) is 0 Å². The summed E-state index contributed by atoms with van der Waals surface area (Å²) in [5.74, 6) is 1.56. The summed E-state index contributed by atoms with van der Waals surface area (Å²) in [5.41, 5.74) is 0.387. The average molecular weight is 397 g/mol. The van der Waals surface area contributed by atoms with Gasteiger partial charge in [-0.1, -0.05) is 23.2 Å². The highest BCUT2D eigenvalue weighted by Crippen LogP contribution is 2.27. The zero-order chi connectivity index (χ0) is 18.0. The maximum absolute atomic E-state index is 12.1. The summed E-state index contributed by atoms with van der Waals surface area (Å²) >= 11 is 16.9. The molecule has 2 heterocycles. The molecule has 0 spiro atoms. The van der Waals surface area contributed by atoms with E-state index in [1.54, 1.807) is 36.4 Å². The maximum Gasteiger partial charge on any atom is 0.276 e. The summed E-state index contributed by atoms with van der Waals surface area (Å²) in [6, 6.07) is 8.56. The predicted octanol–water partition coefficient (Wildman–Crippen LogP) is 4.24. The van der Waals surface area contributed by atoms with E-state index >= 15 is 0 Å². The zero-order valence-corrected chi connectivity index (χ0v) is 15.5. The Bertz CT molecular complexity index is 863. The molecule has 0 unspecified atom stereocenters. The third kappa shape index (κ3) is 3.98. The molecule has 1 N–H and O–H groups in total. The fourth-order valence-corrected chi connectivity index (χ4v) is 2.88. The molecule has 1 amide bonds. The normalized spacial score (nSPS) is 15.8. The molecule has 1 fully saturated rings. The standard InChI is InChI=1S/C17H14Cl2N2O3S/c1-2-21-16(22)15(20-17(21)25)8-11-3-4-12(24-11)9-23-10-5-6-13(18)14(19)7-10/h3-8H,2,9H2,1H3,(H,20,25)/b15-8+. The average Bonchev–Trinajstić information content (AvgIpc) is 3.13. The van der Waals surface area contributed by atoms with E-state index in [9.17, 15) is 4.79 Å². The quantitative estimate of drug-likeness (QED) is 0.604. The molecular weight excluding hydrogens is 383 g/mol. The molecule has 1 aromatic heterocycles. The molecule has 0 radical (unpaired) electrons. The molecule has 0 aliphatic carbocycles.